The first kappa shape index (κ1) is 47.9. The van der Waals surface area contributed by atoms with Crippen LogP contribution in [0.5, 0.6) is 0 Å². The molecule has 0 aliphatic carbocycles. The van der Waals surface area contributed by atoms with E-state index < -0.39 is 12.1 Å². The zero-order valence-electron chi connectivity index (χ0n) is 33.2. The Labute approximate surface area is 307 Å². The highest BCUT2D eigenvalue weighted by atomic mass is 16.3. The first-order chi connectivity index (χ1) is 24.2. The van der Waals surface area contributed by atoms with Crippen molar-refractivity contribution >= 4 is 5.91 Å². The Bertz CT molecular complexity index is 705. The van der Waals surface area contributed by atoms with Crippen molar-refractivity contribution in [3.63, 3.8) is 0 Å². The Balaban J connectivity index is 3.57. The van der Waals surface area contributed by atoms with Gasteiger partial charge >= 0.3 is 0 Å². The van der Waals surface area contributed by atoms with Crippen LogP contribution >= 0.6 is 0 Å². The molecule has 0 aliphatic heterocycles. The largest absolute Gasteiger partial charge is 0.394 e. The van der Waals surface area contributed by atoms with Gasteiger partial charge in [0, 0.05) is 6.42 Å². The van der Waals surface area contributed by atoms with Crippen LogP contribution in [0.2, 0.25) is 0 Å². The number of carbonyl (C=O) groups is 1. The molecule has 0 bridgehead atoms. The van der Waals surface area contributed by atoms with Crippen molar-refractivity contribution in [2.24, 2.45) is 0 Å². The second-order valence-electron chi connectivity index (χ2n) is 15.1. The van der Waals surface area contributed by atoms with Crippen LogP contribution in [-0.4, -0.2) is 34.9 Å². The fourth-order valence-electron chi connectivity index (χ4n) is 6.78. The Morgan fingerprint density at radius 3 is 1.18 bits per heavy atom. The number of allylic oxidation sites excluding steroid dienone is 3. The summed E-state index contributed by atoms with van der Waals surface area (Å²) in [6.07, 6.45) is 52.9. The predicted octanol–water partition coefficient (Wildman–Crippen LogP) is 13.6. The van der Waals surface area contributed by atoms with Gasteiger partial charge in [-0.15, -0.1) is 0 Å². The van der Waals surface area contributed by atoms with E-state index in [2.05, 4.69) is 31.3 Å². The lowest BCUT2D eigenvalue weighted by Gasteiger charge is -2.19. The van der Waals surface area contributed by atoms with E-state index >= 15 is 0 Å². The second-order valence-corrected chi connectivity index (χ2v) is 15.1. The van der Waals surface area contributed by atoms with Crippen LogP contribution in [0.1, 0.15) is 239 Å². The average Bonchev–Trinajstić information content (AvgIpc) is 3.10. The van der Waals surface area contributed by atoms with E-state index in [1.54, 1.807) is 6.08 Å². The Hall–Kier alpha value is -1.13. The highest BCUT2D eigenvalue weighted by Crippen LogP contribution is 2.16. The van der Waals surface area contributed by atoms with Gasteiger partial charge in [-0.2, -0.15) is 0 Å². The highest BCUT2D eigenvalue weighted by Gasteiger charge is 2.17. The minimum Gasteiger partial charge on any atom is -0.394 e. The van der Waals surface area contributed by atoms with Gasteiger partial charge < -0.3 is 15.5 Å². The third-order valence-electron chi connectivity index (χ3n) is 10.2. The molecule has 1 amide bonds. The molecule has 0 saturated heterocycles. The molecule has 0 aliphatic rings. The van der Waals surface area contributed by atoms with Crippen molar-refractivity contribution in [3.05, 3.63) is 24.3 Å². The minimum atomic E-state index is -0.857. The molecule has 290 valence electrons. The van der Waals surface area contributed by atoms with E-state index in [-0.39, 0.29) is 12.5 Å². The molecule has 0 fully saturated rings. The fraction of sp³-hybridized carbons (Fsp3) is 0.889. The van der Waals surface area contributed by atoms with Crippen LogP contribution in [0.15, 0.2) is 24.3 Å². The molecule has 4 nitrogen and oxygen atoms in total. The van der Waals surface area contributed by atoms with E-state index in [9.17, 15) is 15.0 Å². The lowest BCUT2D eigenvalue weighted by atomic mass is 10.0. The summed E-state index contributed by atoms with van der Waals surface area (Å²) < 4.78 is 0. The fourth-order valence-corrected chi connectivity index (χ4v) is 6.78. The van der Waals surface area contributed by atoms with E-state index in [0.29, 0.717) is 6.42 Å². The molecular weight excluding hydrogens is 602 g/mol. The first-order valence-corrected chi connectivity index (χ1v) is 22.1. The summed E-state index contributed by atoms with van der Waals surface area (Å²) >= 11 is 0. The van der Waals surface area contributed by atoms with Gasteiger partial charge in [0.25, 0.3) is 0 Å². The van der Waals surface area contributed by atoms with E-state index in [1.807, 2.05) is 6.08 Å². The first-order valence-electron chi connectivity index (χ1n) is 22.1. The monoisotopic (exact) mass is 690 g/mol. The molecule has 0 aromatic carbocycles. The molecule has 3 N–H and O–H groups in total. The van der Waals surface area contributed by atoms with Gasteiger partial charge in [-0.1, -0.05) is 224 Å². The summed E-state index contributed by atoms with van der Waals surface area (Å²) in [6, 6.07) is -0.634. The summed E-state index contributed by atoms with van der Waals surface area (Å²) in [5.41, 5.74) is 0. The maximum Gasteiger partial charge on any atom is 0.220 e. The molecule has 2 unspecified atom stereocenters. The summed E-state index contributed by atoms with van der Waals surface area (Å²) in [4.78, 5) is 12.4. The zero-order chi connectivity index (χ0) is 35.7. The SMILES string of the molecule is CCCCCCCCCCCCC/C=C/CC/C=C/C(O)C(CO)NC(=O)CCCCCCCCCCCCCCCCCCCCCC. The quantitative estimate of drug-likeness (QED) is 0.0443. The minimum absolute atomic E-state index is 0.0701. The molecule has 0 radical (unpaired) electrons. The maximum absolute atomic E-state index is 12.4. The van der Waals surface area contributed by atoms with Gasteiger partial charge in [-0.25, -0.2) is 0 Å². The van der Waals surface area contributed by atoms with Gasteiger partial charge in [0.15, 0.2) is 0 Å². The average molecular weight is 690 g/mol. The number of aliphatic hydroxyl groups is 2. The van der Waals surface area contributed by atoms with Crippen molar-refractivity contribution in [2.45, 2.75) is 251 Å². The number of unbranched alkanes of at least 4 members (excludes halogenated alkanes) is 31. The van der Waals surface area contributed by atoms with Gasteiger partial charge in [-0.05, 0) is 32.1 Å². The van der Waals surface area contributed by atoms with Crippen molar-refractivity contribution in [2.75, 3.05) is 6.61 Å². The third kappa shape index (κ3) is 37.9. The van der Waals surface area contributed by atoms with Gasteiger partial charge in [-0.3, -0.25) is 4.79 Å². The molecule has 0 aromatic heterocycles. The molecular formula is C45H87NO3. The summed E-state index contributed by atoms with van der Waals surface area (Å²) in [5, 5.41) is 23.0. The topological polar surface area (TPSA) is 69.6 Å². The van der Waals surface area contributed by atoms with Gasteiger partial charge in [0.2, 0.25) is 5.91 Å². The van der Waals surface area contributed by atoms with Gasteiger partial charge in [0.05, 0.1) is 18.8 Å². The van der Waals surface area contributed by atoms with Crippen LogP contribution in [0.4, 0.5) is 0 Å². The van der Waals surface area contributed by atoms with E-state index in [4.69, 9.17) is 0 Å². The number of hydrogen-bond acceptors (Lipinski definition) is 3. The second kappa shape index (κ2) is 41.3. The van der Waals surface area contributed by atoms with E-state index in [1.165, 1.54) is 186 Å². The van der Waals surface area contributed by atoms with Crippen LogP contribution in [0.25, 0.3) is 0 Å². The maximum atomic E-state index is 12.4. The standard InChI is InChI=1S/C45H87NO3/c1-3-5-7-9-11-13-15-17-19-21-22-23-25-27-29-31-33-35-37-39-41-45(49)46-43(42-47)44(48)40-38-36-34-32-30-28-26-24-20-18-16-14-12-10-8-6-4-2/h30,32,38,40,43-44,47-48H,3-29,31,33-37,39,41-42H2,1-2H3,(H,46,49)/b32-30+,40-38+. The predicted molar refractivity (Wildman–Crippen MR) is 216 cm³/mol. The number of rotatable bonds is 40. The van der Waals surface area contributed by atoms with Crippen molar-refractivity contribution < 1.29 is 15.0 Å². The normalized spacial score (nSPS) is 13.1. The molecule has 0 saturated carbocycles. The third-order valence-corrected chi connectivity index (χ3v) is 10.2. The number of hydrogen-bond donors (Lipinski definition) is 3. The molecule has 49 heavy (non-hydrogen) atoms. The lowest BCUT2D eigenvalue weighted by molar-refractivity contribution is -0.123. The number of aliphatic hydroxyl groups excluding tert-OH is 2. The molecule has 2 atom stereocenters. The number of carbonyl (C=O) groups excluding carboxylic acids is 1. The Kier molecular flexibility index (Phi) is 40.3. The molecule has 0 aromatic rings. The van der Waals surface area contributed by atoms with Crippen LogP contribution in [0, 0.1) is 0 Å². The number of amides is 1. The number of nitrogens with one attached hydrogen (secondary N) is 1. The van der Waals surface area contributed by atoms with Gasteiger partial charge in [0.1, 0.15) is 0 Å². The zero-order valence-corrected chi connectivity index (χ0v) is 33.2. The van der Waals surface area contributed by atoms with E-state index in [0.717, 1.165) is 32.1 Å². The molecule has 0 heterocycles. The van der Waals surface area contributed by atoms with Crippen LogP contribution in [-0.2, 0) is 4.79 Å². The van der Waals surface area contributed by atoms with Crippen molar-refractivity contribution in [1.29, 1.82) is 0 Å². The van der Waals surface area contributed by atoms with Crippen molar-refractivity contribution in [1.82, 2.24) is 5.32 Å². The smallest absolute Gasteiger partial charge is 0.220 e. The Morgan fingerprint density at radius 2 is 0.796 bits per heavy atom. The van der Waals surface area contributed by atoms with Crippen LogP contribution in [0.3, 0.4) is 0 Å². The molecule has 0 rings (SSSR count). The summed E-state index contributed by atoms with van der Waals surface area (Å²) in [7, 11) is 0. The Morgan fingerprint density at radius 1 is 0.469 bits per heavy atom. The molecule has 4 heteroatoms. The lowest BCUT2D eigenvalue weighted by Crippen LogP contribution is -2.45. The summed E-state index contributed by atoms with van der Waals surface area (Å²) in [5.74, 6) is -0.0701. The summed E-state index contributed by atoms with van der Waals surface area (Å²) in [6.45, 7) is 4.31. The van der Waals surface area contributed by atoms with Crippen molar-refractivity contribution in [3.8, 4) is 0 Å². The molecule has 0 spiro atoms. The van der Waals surface area contributed by atoms with Crippen LogP contribution < -0.4 is 5.32 Å². The highest BCUT2D eigenvalue weighted by molar-refractivity contribution is 5.76.